The van der Waals surface area contributed by atoms with Gasteiger partial charge in [0, 0.05) is 6.07 Å². The minimum atomic E-state index is -0.268. The van der Waals surface area contributed by atoms with Crippen LogP contribution >= 0.6 is 0 Å². The molecule has 26 heavy (non-hydrogen) atoms. The van der Waals surface area contributed by atoms with Crippen molar-refractivity contribution in [2.45, 2.75) is 6.92 Å². The third-order valence-electron chi connectivity index (χ3n) is 4.18. The molecule has 0 aliphatic rings. The van der Waals surface area contributed by atoms with Crippen LogP contribution in [0.25, 0.3) is 22.1 Å². The van der Waals surface area contributed by atoms with Crippen LogP contribution in [0.3, 0.4) is 0 Å². The molecule has 0 amide bonds. The maximum absolute atomic E-state index is 12.7. The van der Waals surface area contributed by atoms with E-state index in [0.29, 0.717) is 22.5 Å². The molecule has 1 heterocycles. The molecule has 128 valence electrons. The lowest BCUT2D eigenvalue weighted by atomic mass is 10.1. The SMILES string of the molecule is Cc1oc2cc(O)ccc2c(=O)c1Oc1ccc(-c2ccccc2)cc1. The second-order valence-corrected chi connectivity index (χ2v) is 5.99. The number of aryl methyl sites for hydroxylation is 1. The van der Waals surface area contributed by atoms with Gasteiger partial charge in [0.15, 0.2) is 0 Å². The third-order valence-corrected chi connectivity index (χ3v) is 4.18. The fraction of sp³-hybridized carbons (Fsp3) is 0.0455. The van der Waals surface area contributed by atoms with Crippen LogP contribution in [0.5, 0.6) is 17.2 Å². The van der Waals surface area contributed by atoms with Crippen LogP contribution in [0, 0.1) is 6.92 Å². The normalized spacial score (nSPS) is 10.8. The van der Waals surface area contributed by atoms with Gasteiger partial charge in [-0.15, -0.1) is 0 Å². The Labute approximate surface area is 149 Å². The maximum Gasteiger partial charge on any atom is 0.235 e. The predicted octanol–water partition coefficient (Wildman–Crippen LogP) is 5.27. The molecule has 0 radical (unpaired) electrons. The summed E-state index contributed by atoms with van der Waals surface area (Å²) in [5, 5.41) is 9.91. The lowest BCUT2D eigenvalue weighted by molar-refractivity contribution is 0.435. The zero-order chi connectivity index (χ0) is 18.1. The van der Waals surface area contributed by atoms with Crippen molar-refractivity contribution < 1.29 is 14.3 Å². The molecule has 1 aromatic heterocycles. The minimum absolute atomic E-state index is 0.0465. The topological polar surface area (TPSA) is 59.7 Å². The van der Waals surface area contributed by atoms with E-state index in [9.17, 15) is 9.90 Å². The average Bonchev–Trinajstić information content (AvgIpc) is 2.66. The summed E-state index contributed by atoms with van der Waals surface area (Å²) in [4.78, 5) is 12.7. The van der Waals surface area contributed by atoms with Crippen LogP contribution < -0.4 is 10.2 Å². The Hall–Kier alpha value is -3.53. The number of ether oxygens (including phenoxy) is 1. The number of hydrogen-bond donors (Lipinski definition) is 1. The van der Waals surface area contributed by atoms with Gasteiger partial charge in [-0.05, 0) is 42.3 Å². The molecule has 0 aliphatic carbocycles. The van der Waals surface area contributed by atoms with E-state index in [1.807, 2.05) is 54.6 Å². The Kier molecular flexibility index (Phi) is 3.93. The van der Waals surface area contributed by atoms with E-state index >= 15 is 0 Å². The molecule has 4 heteroatoms. The van der Waals surface area contributed by atoms with E-state index in [2.05, 4.69) is 0 Å². The summed E-state index contributed by atoms with van der Waals surface area (Å²) in [5.74, 6) is 1.11. The number of phenolic OH excluding ortho intramolecular Hbond substituents is 1. The Morgan fingerprint density at radius 3 is 2.31 bits per heavy atom. The van der Waals surface area contributed by atoms with E-state index in [1.54, 1.807) is 6.92 Å². The van der Waals surface area contributed by atoms with Gasteiger partial charge in [-0.3, -0.25) is 4.79 Å². The van der Waals surface area contributed by atoms with E-state index in [-0.39, 0.29) is 16.9 Å². The summed E-state index contributed by atoms with van der Waals surface area (Å²) in [6.45, 7) is 1.67. The number of phenols is 1. The molecular formula is C22H16O4. The van der Waals surface area contributed by atoms with Gasteiger partial charge in [-0.1, -0.05) is 42.5 Å². The summed E-state index contributed by atoms with van der Waals surface area (Å²) in [6, 6.07) is 22.0. The molecule has 0 saturated carbocycles. The molecule has 1 N–H and O–H groups in total. The quantitative estimate of drug-likeness (QED) is 0.550. The fourth-order valence-electron chi connectivity index (χ4n) is 2.86. The largest absolute Gasteiger partial charge is 0.508 e. The van der Waals surface area contributed by atoms with Crippen LogP contribution in [0.2, 0.25) is 0 Å². The van der Waals surface area contributed by atoms with Crippen molar-refractivity contribution in [1.29, 1.82) is 0 Å². The first-order valence-corrected chi connectivity index (χ1v) is 8.21. The van der Waals surface area contributed by atoms with Crippen LogP contribution in [0.15, 0.2) is 82.0 Å². The molecule has 0 unspecified atom stereocenters. The summed E-state index contributed by atoms with van der Waals surface area (Å²) >= 11 is 0. The van der Waals surface area contributed by atoms with Gasteiger partial charge in [0.05, 0.1) is 5.39 Å². The monoisotopic (exact) mass is 344 g/mol. The average molecular weight is 344 g/mol. The van der Waals surface area contributed by atoms with Crippen molar-refractivity contribution in [3.05, 3.63) is 88.8 Å². The van der Waals surface area contributed by atoms with Crippen LogP contribution in [0.1, 0.15) is 5.76 Å². The number of aromatic hydroxyl groups is 1. The molecule has 4 rings (SSSR count). The number of hydrogen-bond acceptors (Lipinski definition) is 4. The van der Waals surface area contributed by atoms with Gasteiger partial charge in [0.25, 0.3) is 0 Å². The zero-order valence-electron chi connectivity index (χ0n) is 14.1. The summed E-state index contributed by atoms with van der Waals surface area (Å²) in [7, 11) is 0. The second kappa shape index (κ2) is 6.41. The summed E-state index contributed by atoms with van der Waals surface area (Å²) in [6.07, 6.45) is 0. The Bertz CT molecular complexity index is 1130. The Morgan fingerprint density at radius 1 is 0.885 bits per heavy atom. The minimum Gasteiger partial charge on any atom is -0.508 e. The van der Waals surface area contributed by atoms with E-state index < -0.39 is 0 Å². The summed E-state index contributed by atoms with van der Waals surface area (Å²) < 4.78 is 11.4. The highest BCUT2D eigenvalue weighted by Crippen LogP contribution is 2.28. The van der Waals surface area contributed by atoms with Crippen molar-refractivity contribution in [3.8, 4) is 28.4 Å². The molecule has 0 atom stereocenters. The van der Waals surface area contributed by atoms with Crippen molar-refractivity contribution >= 4 is 11.0 Å². The number of fused-ring (bicyclic) bond motifs is 1. The molecule has 0 saturated heterocycles. The molecule has 4 aromatic rings. The second-order valence-electron chi connectivity index (χ2n) is 5.99. The molecule has 4 nitrogen and oxygen atoms in total. The van der Waals surface area contributed by atoms with Crippen LogP contribution in [-0.2, 0) is 0 Å². The zero-order valence-corrected chi connectivity index (χ0v) is 14.1. The highest BCUT2D eigenvalue weighted by molar-refractivity contribution is 5.79. The maximum atomic E-state index is 12.7. The fourth-order valence-corrected chi connectivity index (χ4v) is 2.86. The van der Waals surface area contributed by atoms with E-state index in [1.165, 1.54) is 18.2 Å². The van der Waals surface area contributed by atoms with Crippen molar-refractivity contribution in [2.75, 3.05) is 0 Å². The van der Waals surface area contributed by atoms with Gasteiger partial charge in [-0.2, -0.15) is 0 Å². The molecule has 0 bridgehead atoms. The molecule has 0 aliphatic heterocycles. The lowest BCUT2D eigenvalue weighted by Gasteiger charge is -2.09. The first-order chi connectivity index (χ1) is 12.6. The molecular weight excluding hydrogens is 328 g/mol. The molecule has 0 spiro atoms. The molecule has 0 fully saturated rings. The summed E-state index contributed by atoms with van der Waals surface area (Å²) in [5.41, 5.74) is 2.24. The first-order valence-electron chi connectivity index (χ1n) is 8.21. The van der Waals surface area contributed by atoms with Gasteiger partial charge < -0.3 is 14.3 Å². The third kappa shape index (κ3) is 2.93. The number of benzene rings is 3. The highest BCUT2D eigenvalue weighted by atomic mass is 16.5. The standard InChI is InChI=1S/C22H16O4/c1-14-22(21(24)19-12-9-17(23)13-20(19)25-14)26-18-10-7-16(8-11-18)15-5-3-2-4-6-15/h2-13,23H,1H3. The Balaban J connectivity index is 1.69. The van der Waals surface area contributed by atoms with E-state index in [4.69, 9.17) is 9.15 Å². The van der Waals surface area contributed by atoms with E-state index in [0.717, 1.165) is 11.1 Å². The Morgan fingerprint density at radius 2 is 1.58 bits per heavy atom. The number of rotatable bonds is 3. The molecule has 3 aromatic carbocycles. The van der Waals surface area contributed by atoms with Gasteiger partial charge in [-0.25, -0.2) is 0 Å². The van der Waals surface area contributed by atoms with Crippen LogP contribution in [0.4, 0.5) is 0 Å². The van der Waals surface area contributed by atoms with Crippen molar-refractivity contribution in [3.63, 3.8) is 0 Å². The lowest BCUT2D eigenvalue weighted by Crippen LogP contribution is -2.07. The smallest absolute Gasteiger partial charge is 0.235 e. The van der Waals surface area contributed by atoms with Crippen LogP contribution in [-0.4, -0.2) is 5.11 Å². The van der Waals surface area contributed by atoms with Crippen molar-refractivity contribution in [1.82, 2.24) is 0 Å². The van der Waals surface area contributed by atoms with Gasteiger partial charge >= 0.3 is 0 Å². The predicted molar refractivity (Wildman–Crippen MR) is 101 cm³/mol. The highest BCUT2D eigenvalue weighted by Gasteiger charge is 2.14. The van der Waals surface area contributed by atoms with Gasteiger partial charge in [0.2, 0.25) is 11.2 Å². The van der Waals surface area contributed by atoms with Gasteiger partial charge in [0.1, 0.15) is 22.8 Å². The van der Waals surface area contributed by atoms with Crippen molar-refractivity contribution in [2.24, 2.45) is 0 Å². The first kappa shape index (κ1) is 16.0.